The molecule has 0 aliphatic carbocycles. The molecule has 5 heteroatoms. The number of anilines is 2. The summed E-state index contributed by atoms with van der Waals surface area (Å²) < 4.78 is 1.01. The van der Waals surface area contributed by atoms with Crippen LogP contribution in [0.2, 0.25) is 0 Å². The van der Waals surface area contributed by atoms with Crippen LogP contribution in [-0.2, 0) is 4.79 Å². The molecule has 2 heterocycles. The van der Waals surface area contributed by atoms with Gasteiger partial charge in [-0.3, -0.25) is 4.79 Å². The number of benzene rings is 1. The number of carbonyl (C=O) groups excluding carboxylic acids is 1. The van der Waals surface area contributed by atoms with E-state index in [1.165, 1.54) is 0 Å². The third-order valence-electron chi connectivity index (χ3n) is 4.32. The van der Waals surface area contributed by atoms with Gasteiger partial charge in [0.05, 0.1) is 5.69 Å². The standard InChI is InChI=1S/C14H18BrN3O/c1-7-5-18(6-8(7)2)12-4-11-9(3-10(12)15)13(16)14(19)17-11/h3-4,7-8,13H,5-6,16H2,1-2H3,(H,17,19). The minimum atomic E-state index is -0.545. The molecule has 4 nitrogen and oxygen atoms in total. The van der Waals surface area contributed by atoms with Crippen molar-refractivity contribution in [2.24, 2.45) is 17.6 Å². The van der Waals surface area contributed by atoms with E-state index in [1.807, 2.05) is 12.1 Å². The van der Waals surface area contributed by atoms with Gasteiger partial charge in [-0.2, -0.15) is 0 Å². The molecule has 3 rings (SSSR count). The minimum absolute atomic E-state index is 0.123. The maximum atomic E-state index is 11.6. The van der Waals surface area contributed by atoms with Crippen molar-refractivity contribution in [3.63, 3.8) is 0 Å². The lowest BCUT2D eigenvalue weighted by Crippen LogP contribution is -2.20. The zero-order valence-electron chi connectivity index (χ0n) is 11.1. The Labute approximate surface area is 121 Å². The second-order valence-corrected chi connectivity index (χ2v) is 6.57. The van der Waals surface area contributed by atoms with Gasteiger partial charge in [0.2, 0.25) is 5.91 Å². The van der Waals surface area contributed by atoms with Crippen LogP contribution in [0.4, 0.5) is 11.4 Å². The fourth-order valence-corrected chi connectivity index (χ4v) is 3.48. The molecule has 0 radical (unpaired) electrons. The van der Waals surface area contributed by atoms with Gasteiger partial charge in [-0.05, 0) is 39.9 Å². The molecule has 0 bridgehead atoms. The predicted octanol–water partition coefficient (Wildman–Crippen LogP) is 2.49. The molecule has 0 aromatic heterocycles. The number of amides is 1. The van der Waals surface area contributed by atoms with E-state index in [0.717, 1.165) is 34.5 Å². The molecule has 1 aromatic rings. The van der Waals surface area contributed by atoms with E-state index in [1.54, 1.807) is 0 Å². The normalized spacial score (nSPS) is 29.6. The van der Waals surface area contributed by atoms with Crippen LogP contribution in [0.25, 0.3) is 0 Å². The summed E-state index contributed by atoms with van der Waals surface area (Å²) in [5, 5.41) is 2.85. The van der Waals surface area contributed by atoms with E-state index in [0.29, 0.717) is 11.8 Å². The molecule has 102 valence electrons. The Bertz CT molecular complexity index is 536. The Hall–Kier alpha value is -1.07. The summed E-state index contributed by atoms with van der Waals surface area (Å²) in [6.45, 7) is 6.67. The van der Waals surface area contributed by atoms with Gasteiger partial charge in [-0.25, -0.2) is 0 Å². The van der Waals surface area contributed by atoms with Crippen LogP contribution in [0.15, 0.2) is 16.6 Å². The van der Waals surface area contributed by atoms with Gasteiger partial charge in [0.1, 0.15) is 6.04 Å². The molecule has 1 aromatic carbocycles. The van der Waals surface area contributed by atoms with Crippen molar-refractivity contribution in [2.75, 3.05) is 23.3 Å². The average Bonchev–Trinajstić information content (AvgIpc) is 2.82. The number of hydrogen-bond acceptors (Lipinski definition) is 3. The smallest absolute Gasteiger partial charge is 0.245 e. The molecule has 1 saturated heterocycles. The van der Waals surface area contributed by atoms with E-state index in [2.05, 4.69) is 40.0 Å². The Balaban J connectivity index is 1.97. The predicted molar refractivity (Wildman–Crippen MR) is 80.2 cm³/mol. The summed E-state index contributed by atoms with van der Waals surface area (Å²) >= 11 is 3.61. The van der Waals surface area contributed by atoms with Crippen LogP contribution in [0.5, 0.6) is 0 Å². The van der Waals surface area contributed by atoms with Crippen molar-refractivity contribution in [1.82, 2.24) is 0 Å². The minimum Gasteiger partial charge on any atom is -0.370 e. The van der Waals surface area contributed by atoms with Crippen molar-refractivity contribution in [2.45, 2.75) is 19.9 Å². The number of nitrogens with zero attached hydrogens (tertiary/aromatic N) is 1. The highest BCUT2D eigenvalue weighted by atomic mass is 79.9. The van der Waals surface area contributed by atoms with Crippen LogP contribution < -0.4 is 16.0 Å². The Morgan fingerprint density at radius 2 is 1.95 bits per heavy atom. The molecule has 0 spiro atoms. The second kappa shape index (κ2) is 4.49. The molecule has 2 aliphatic heterocycles. The summed E-state index contributed by atoms with van der Waals surface area (Å²) in [6, 6.07) is 3.47. The number of hydrogen-bond donors (Lipinski definition) is 2. The monoisotopic (exact) mass is 323 g/mol. The van der Waals surface area contributed by atoms with Gasteiger partial charge >= 0.3 is 0 Å². The van der Waals surface area contributed by atoms with Gasteiger partial charge in [0, 0.05) is 28.8 Å². The lowest BCUT2D eigenvalue weighted by molar-refractivity contribution is -0.116. The number of rotatable bonds is 1. The fraction of sp³-hybridized carbons (Fsp3) is 0.500. The largest absolute Gasteiger partial charge is 0.370 e. The molecule has 3 atom stereocenters. The maximum absolute atomic E-state index is 11.6. The summed E-state index contributed by atoms with van der Waals surface area (Å²) in [7, 11) is 0. The third kappa shape index (κ3) is 2.05. The van der Waals surface area contributed by atoms with Crippen LogP contribution in [0.3, 0.4) is 0 Å². The number of fused-ring (bicyclic) bond motifs is 1. The summed E-state index contributed by atoms with van der Waals surface area (Å²) in [5.41, 5.74) is 8.73. The van der Waals surface area contributed by atoms with Crippen LogP contribution in [0, 0.1) is 11.8 Å². The third-order valence-corrected chi connectivity index (χ3v) is 4.96. The Kier molecular flexibility index (Phi) is 3.06. The molecule has 2 aliphatic rings. The first-order valence-electron chi connectivity index (χ1n) is 6.62. The highest BCUT2D eigenvalue weighted by Gasteiger charge is 2.31. The van der Waals surface area contributed by atoms with Crippen molar-refractivity contribution in [3.8, 4) is 0 Å². The average molecular weight is 324 g/mol. The Morgan fingerprint density at radius 3 is 2.58 bits per heavy atom. The molecule has 1 fully saturated rings. The number of nitrogens with one attached hydrogen (secondary N) is 1. The van der Waals surface area contributed by atoms with E-state index in [-0.39, 0.29) is 5.91 Å². The van der Waals surface area contributed by atoms with Crippen molar-refractivity contribution >= 4 is 33.2 Å². The van der Waals surface area contributed by atoms with Crippen molar-refractivity contribution in [1.29, 1.82) is 0 Å². The summed E-state index contributed by atoms with van der Waals surface area (Å²) in [6.07, 6.45) is 0. The lowest BCUT2D eigenvalue weighted by atomic mass is 10.0. The van der Waals surface area contributed by atoms with Gasteiger partial charge in [0.25, 0.3) is 0 Å². The number of halogens is 1. The number of carbonyl (C=O) groups is 1. The first-order chi connectivity index (χ1) is 8.97. The van der Waals surface area contributed by atoms with Gasteiger partial charge in [-0.1, -0.05) is 13.8 Å². The van der Waals surface area contributed by atoms with Crippen molar-refractivity contribution in [3.05, 3.63) is 22.2 Å². The SMILES string of the molecule is CC1CN(c2cc3c(cc2Br)C(N)C(=O)N3)CC1C. The van der Waals surface area contributed by atoms with Crippen LogP contribution >= 0.6 is 15.9 Å². The molecule has 0 saturated carbocycles. The molecule has 19 heavy (non-hydrogen) atoms. The molecule has 3 unspecified atom stereocenters. The summed E-state index contributed by atoms with van der Waals surface area (Å²) in [4.78, 5) is 14.0. The van der Waals surface area contributed by atoms with E-state index in [4.69, 9.17) is 5.73 Å². The lowest BCUT2D eigenvalue weighted by Gasteiger charge is -2.21. The maximum Gasteiger partial charge on any atom is 0.245 e. The van der Waals surface area contributed by atoms with Gasteiger partial charge < -0.3 is 16.0 Å². The second-order valence-electron chi connectivity index (χ2n) is 5.72. The molecule has 3 N–H and O–H groups in total. The molecule has 1 amide bonds. The first kappa shape index (κ1) is 12.9. The zero-order valence-corrected chi connectivity index (χ0v) is 12.7. The molecular weight excluding hydrogens is 306 g/mol. The molecular formula is C14H18BrN3O. The van der Waals surface area contributed by atoms with Gasteiger partial charge in [-0.15, -0.1) is 0 Å². The van der Waals surface area contributed by atoms with Crippen LogP contribution in [0.1, 0.15) is 25.5 Å². The van der Waals surface area contributed by atoms with Crippen LogP contribution in [-0.4, -0.2) is 19.0 Å². The summed E-state index contributed by atoms with van der Waals surface area (Å²) in [5.74, 6) is 1.26. The number of nitrogens with two attached hydrogens (primary N) is 1. The quantitative estimate of drug-likeness (QED) is 0.834. The van der Waals surface area contributed by atoms with Gasteiger partial charge in [0.15, 0.2) is 0 Å². The van der Waals surface area contributed by atoms with E-state index >= 15 is 0 Å². The van der Waals surface area contributed by atoms with E-state index < -0.39 is 6.04 Å². The highest BCUT2D eigenvalue weighted by Crippen LogP contribution is 2.40. The first-order valence-corrected chi connectivity index (χ1v) is 7.41. The highest BCUT2D eigenvalue weighted by molar-refractivity contribution is 9.10. The van der Waals surface area contributed by atoms with E-state index in [9.17, 15) is 4.79 Å². The Morgan fingerprint density at radius 1 is 1.32 bits per heavy atom. The zero-order chi connectivity index (χ0) is 13.7. The topological polar surface area (TPSA) is 58.4 Å². The van der Waals surface area contributed by atoms with Crippen molar-refractivity contribution < 1.29 is 4.79 Å². The fourth-order valence-electron chi connectivity index (χ4n) is 2.86.